The molecule has 0 saturated heterocycles. The van der Waals surface area contributed by atoms with Crippen molar-refractivity contribution in [3.8, 4) is 17.2 Å². The number of nitrogens with zero attached hydrogens (tertiary/aromatic N) is 1. The fourth-order valence-corrected chi connectivity index (χ4v) is 4.76. The predicted molar refractivity (Wildman–Crippen MR) is 157 cm³/mol. The van der Waals surface area contributed by atoms with Gasteiger partial charge in [0.05, 0.1) is 32.2 Å². The van der Waals surface area contributed by atoms with Crippen molar-refractivity contribution in [3.05, 3.63) is 88.6 Å². The van der Waals surface area contributed by atoms with Crippen LogP contribution >= 0.6 is 11.8 Å². The first-order valence-electron chi connectivity index (χ1n) is 13.0. The number of para-hydroxylation sites is 1. The number of rotatable bonds is 11. The molecule has 0 heterocycles. The van der Waals surface area contributed by atoms with Crippen LogP contribution in [-0.4, -0.2) is 36.9 Å². The molecule has 0 aliphatic rings. The Morgan fingerprint density at radius 2 is 1.62 bits per heavy atom. The van der Waals surface area contributed by atoms with Gasteiger partial charge >= 0.3 is 11.9 Å². The van der Waals surface area contributed by atoms with Crippen LogP contribution in [0.2, 0.25) is 0 Å². The van der Waals surface area contributed by atoms with E-state index in [4.69, 9.17) is 14.2 Å². The molecule has 1 unspecified atom stereocenters. The second-order valence-electron chi connectivity index (χ2n) is 9.99. The molecule has 3 aromatic rings. The van der Waals surface area contributed by atoms with E-state index in [1.54, 1.807) is 93.4 Å². The van der Waals surface area contributed by atoms with Crippen LogP contribution < -0.4 is 14.1 Å². The first-order chi connectivity index (χ1) is 18.5. The summed E-state index contributed by atoms with van der Waals surface area (Å²) in [6, 6.07) is 19.1. The number of hydrogen-bond donors (Lipinski definition) is 0. The first kappa shape index (κ1) is 30.2. The molecule has 8 heteroatoms. The van der Waals surface area contributed by atoms with E-state index in [1.807, 2.05) is 6.07 Å². The van der Waals surface area contributed by atoms with Crippen LogP contribution in [-0.2, 0) is 21.7 Å². The third kappa shape index (κ3) is 7.85. The second kappa shape index (κ2) is 13.2. The minimum atomic E-state index is -1.09. The maximum absolute atomic E-state index is 13.7. The highest BCUT2D eigenvalue weighted by molar-refractivity contribution is 7.99. The summed E-state index contributed by atoms with van der Waals surface area (Å²) in [7, 11) is 1.55. The minimum Gasteiger partial charge on any atom is -0.619 e. The highest BCUT2D eigenvalue weighted by Crippen LogP contribution is 2.38. The quantitative estimate of drug-likeness (QED) is 0.140. The van der Waals surface area contributed by atoms with E-state index in [1.165, 1.54) is 0 Å². The molecule has 0 radical (unpaired) electrons. The Morgan fingerprint density at radius 3 is 2.23 bits per heavy atom. The van der Waals surface area contributed by atoms with Crippen LogP contribution in [0.25, 0.3) is 0 Å². The zero-order valence-electron chi connectivity index (χ0n) is 23.5. The number of hydrogen-bond acceptors (Lipinski definition) is 7. The number of ether oxygens (including phenoxy) is 3. The molecule has 7 nitrogen and oxygen atoms in total. The third-order valence-electron chi connectivity index (χ3n) is 6.02. The Bertz CT molecular complexity index is 1290. The molecule has 0 aliphatic heterocycles. The number of benzene rings is 3. The Balaban J connectivity index is 2.01. The van der Waals surface area contributed by atoms with Gasteiger partial charge in [0.1, 0.15) is 11.4 Å². The van der Waals surface area contributed by atoms with Gasteiger partial charge in [-0.1, -0.05) is 45.0 Å². The normalized spacial score (nSPS) is 12.9. The molecule has 3 rings (SSSR count). The summed E-state index contributed by atoms with van der Waals surface area (Å²) in [5.74, 6) is 1.17. The smallest absolute Gasteiger partial charge is 0.350 e. The topological polar surface area (TPSA) is 84.9 Å². The minimum absolute atomic E-state index is 0.0413. The molecule has 0 saturated carbocycles. The van der Waals surface area contributed by atoms with Gasteiger partial charge in [0.25, 0.3) is 0 Å². The summed E-state index contributed by atoms with van der Waals surface area (Å²) in [5.41, 5.74) is 2.20. The molecule has 1 amide bonds. The molecule has 0 bridgehead atoms. The molecule has 1 atom stereocenters. The lowest BCUT2D eigenvalue weighted by molar-refractivity contribution is -0.142. The number of thioether (sulfide) groups is 1. The van der Waals surface area contributed by atoms with Crippen molar-refractivity contribution in [2.24, 2.45) is 0 Å². The number of methoxy groups -OCH3 is 1. The fraction of sp³-hybridized carbons (Fsp3) is 0.355. The van der Waals surface area contributed by atoms with Crippen molar-refractivity contribution in [3.63, 3.8) is 0 Å². The van der Waals surface area contributed by atoms with E-state index in [2.05, 4.69) is 20.8 Å². The van der Waals surface area contributed by atoms with Crippen LogP contribution in [0.5, 0.6) is 17.2 Å². The zero-order valence-corrected chi connectivity index (χ0v) is 24.3. The zero-order chi connectivity index (χ0) is 28.6. The molecule has 0 spiro atoms. The molecule has 0 N–H and O–H groups in total. The molecule has 3 aromatic carbocycles. The van der Waals surface area contributed by atoms with Crippen LogP contribution in [0.15, 0.2) is 66.7 Å². The predicted octanol–water partition coefficient (Wildman–Crippen LogP) is 7.29. The number of amides is 1. The lowest BCUT2D eigenvalue weighted by Gasteiger charge is -2.38. The van der Waals surface area contributed by atoms with Gasteiger partial charge in [-0.25, -0.2) is 4.79 Å². The molecule has 208 valence electrons. The van der Waals surface area contributed by atoms with Crippen molar-refractivity contribution in [2.75, 3.05) is 20.3 Å². The molecule has 0 aromatic heterocycles. The second-order valence-corrected chi connectivity index (χ2v) is 11.8. The summed E-state index contributed by atoms with van der Waals surface area (Å²) >= 11 is 1.70. The summed E-state index contributed by atoms with van der Waals surface area (Å²) < 4.78 is 15.8. The van der Waals surface area contributed by atoms with Gasteiger partial charge in [-0.2, -0.15) is 11.8 Å². The molecule has 0 fully saturated rings. The van der Waals surface area contributed by atoms with Gasteiger partial charge in [-0.05, 0) is 61.9 Å². The SMILES string of the molecule is CCOC(=O)Cc1ccc(OC)c(Oc2ccc(C(=O)[N+]([O-])(CC)c3ccccc3)cc2CSC(C)(C)C)c1. The Labute approximate surface area is 235 Å². The van der Waals surface area contributed by atoms with Crippen molar-refractivity contribution in [2.45, 2.75) is 51.5 Å². The monoisotopic (exact) mass is 551 g/mol. The van der Waals surface area contributed by atoms with E-state index in [9.17, 15) is 14.8 Å². The summed E-state index contributed by atoms with van der Waals surface area (Å²) in [4.78, 5) is 25.6. The Kier molecular flexibility index (Phi) is 10.2. The van der Waals surface area contributed by atoms with Crippen molar-refractivity contribution in [1.29, 1.82) is 0 Å². The maximum atomic E-state index is 13.7. The summed E-state index contributed by atoms with van der Waals surface area (Å²) in [5, 5.41) is 13.7. The average molecular weight is 552 g/mol. The van der Waals surface area contributed by atoms with Crippen LogP contribution in [0.4, 0.5) is 5.69 Å². The molecular formula is C31H37NO6S. The van der Waals surface area contributed by atoms with E-state index < -0.39 is 10.6 Å². The van der Waals surface area contributed by atoms with Gasteiger partial charge in [-0.15, -0.1) is 0 Å². The summed E-state index contributed by atoms with van der Waals surface area (Å²) in [6.45, 7) is 10.2. The number of carbonyl (C=O) groups excluding carboxylic acids is 2. The number of hydroxylamine groups is 2. The van der Waals surface area contributed by atoms with Gasteiger partial charge in [0.2, 0.25) is 0 Å². The maximum Gasteiger partial charge on any atom is 0.350 e. The van der Waals surface area contributed by atoms with Crippen LogP contribution in [0.1, 0.15) is 56.1 Å². The average Bonchev–Trinajstić information content (AvgIpc) is 2.92. The highest BCUT2D eigenvalue weighted by atomic mass is 32.2. The summed E-state index contributed by atoms with van der Waals surface area (Å²) in [6.07, 6.45) is 0.106. The third-order valence-corrected chi connectivity index (χ3v) is 7.34. The van der Waals surface area contributed by atoms with E-state index in [-0.39, 0.29) is 23.7 Å². The number of carbonyl (C=O) groups is 2. The van der Waals surface area contributed by atoms with E-state index >= 15 is 0 Å². The number of esters is 1. The largest absolute Gasteiger partial charge is 0.619 e. The molecular weight excluding hydrogens is 514 g/mol. The van der Waals surface area contributed by atoms with E-state index in [0.717, 1.165) is 11.1 Å². The van der Waals surface area contributed by atoms with Gasteiger partial charge in [-0.3, -0.25) is 9.44 Å². The Hall–Kier alpha value is -3.33. The fourth-order valence-electron chi connectivity index (χ4n) is 3.95. The van der Waals surface area contributed by atoms with Crippen molar-refractivity contribution < 1.29 is 23.8 Å². The van der Waals surface area contributed by atoms with Gasteiger partial charge in [0.15, 0.2) is 11.5 Å². The highest BCUT2D eigenvalue weighted by Gasteiger charge is 2.30. The van der Waals surface area contributed by atoms with Gasteiger partial charge < -0.3 is 19.4 Å². The van der Waals surface area contributed by atoms with Crippen LogP contribution in [0.3, 0.4) is 0 Å². The lowest BCUT2D eigenvalue weighted by Crippen LogP contribution is -2.48. The van der Waals surface area contributed by atoms with Gasteiger partial charge in [0, 0.05) is 16.1 Å². The lowest BCUT2D eigenvalue weighted by atomic mass is 10.1. The number of quaternary nitrogens is 1. The molecule has 39 heavy (non-hydrogen) atoms. The van der Waals surface area contributed by atoms with Crippen LogP contribution in [0, 0.1) is 5.21 Å². The van der Waals surface area contributed by atoms with E-state index in [0.29, 0.717) is 40.9 Å². The van der Waals surface area contributed by atoms with Crippen molar-refractivity contribution >= 4 is 29.3 Å². The molecule has 0 aliphatic carbocycles. The first-order valence-corrected chi connectivity index (χ1v) is 14.0. The Morgan fingerprint density at radius 1 is 0.923 bits per heavy atom. The van der Waals surface area contributed by atoms with Crippen molar-refractivity contribution in [1.82, 2.24) is 4.65 Å². The standard InChI is InChI=1S/C31H37NO6S/c1-7-32(35,25-12-10-9-11-13-25)30(34)23-15-17-26(24(20-23)21-39-31(3,4)5)38-28-18-22(14-16-27(28)36-6)19-29(33)37-8-2/h9-18,20H,7-8,19,21H2,1-6H3.